The van der Waals surface area contributed by atoms with Crippen LogP contribution in [-0.2, 0) is 4.74 Å². The van der Waals surface area contributed by atoms with Gasteiger partial charge >= 0.3 is 0 Å². The number of nitrogens with one attached hydrogen (secondary N) is 1. The van der Waals surface area contributed by atoms with Gasteiger partial charge in [-0.2, -0.15) is 5.10 Å². The molecule has 1 aliphatic heterocycles. The van der Waals surface area contributed by atoms with Crippen molar-refractivity contribution >= 4 is 29.9 Å². The molecular weight excluding hydrogens is 456 g/mol. The maximum atomic E-state index is 5.58. The number of anilines is 1. The van der Waals surface area contributed by atoms with E-state index in [1.54, 1.807) is 18.0 Å². The normalized spacial score (nSPS) is 15.6. The number of allylic oxidation sites excluding steroid dienone is 7. The molecular formula is C27H34N6OS. The first-order chi connectivity index (χ1) is 17.1. The standard InChI is InChI=1S/C27H34N6OS/c1-20(9-5-6-10-21(2)29-3)13-14-24-25(35-4)27(33-15-17-34-18-16-33)32-26(31-24)23-12-8-7-11-22(23)19-30-28/h5-14,19,29H,15-18,28H2,1-4H3/b6-5-,14-13+,20-9+,21-10+,30-19-. The van der Waals surface area contributed by atoms with Gasteiger partial charge in [0.1, 0.15) is 5.82 Å². The number of hydrazone groups is 1. The van der Waals surface area contributed by atoms with Crippen LogP contribution in [0.4, 0.5) is 5.82 Å². The topological polar surface area (TPSA) is 88.7 Å². The van der Waals surface area contributed by atoms with Gasteiger partial charge in [-0.3, -0.25) is 0 Å². The summed E-state index contributed by atoms with van der Waals surface area (Å²) in [5, 5.41) is 6.83. The lowest BCUT2D eigenvalue weighted by atomic mass is 10.1. The quantitative estimate of drug-likeness (QED) is 0.174. The van der Waals surface area contributed by atoms with Gasteiger partial charge in [0.15, 0.2) is 5.82 Å². The molecule has 0 aliphatic carbocycles. The number of hydrogen-bond donors (Lipinski definition) is 2. The Hall–Kier alpha value is -3.36. The van der Waals surface area contributed by atoms with Crippen LogP contribution in [0.3, 0.4) is 0 Å². The lowest BCUT2D eigenvalue weighted by Gasteiger charge is -2.30. The molecule has 0 saturated carbocycles. The molecule has 184 valence electrons. The van der Waals surface area contributed by atoms with Crippen LogP contribution in [0, 0.1) is 0 Å². The molecule has 8 heteroatoms. The summed E-state index contributed by atoms with van der Waals surface area (Å²) < 4.78 is 5.58. The summed E-state index contributed by atoms with van der Waals surface area (Å²) in [4.78, 5) is 13.3. The van der Waals surface area contributed by atoms with Gasteiger partial charge in [0.25, 0.3) is 0 Å². The average Bonchev–Trinajstić information content (AvgIpc) is 2.90. The molecule has 2 heterocycles. The van der Waals surface area contributed by atoms with Crippen LogP contribution >= 0.6 is 11.8 Å². The fourth-order valence-electron chi connectivity index (χ4n) is 3.52. The van der Waals surface area contributed by atoms with E-state index in [-0.39, 0.29) is 0 Å². The van der Waals surface area contributed by atoms with E-state index in [4.69, 9.17) is 20.5 Å². The van der Waals surface area contributed by atoms with Crippen molar-refractivity contribution in [2.75, 3.05) is 44.5 Å². The SMILES string of the molecule is CN/C(C)=C/C=C\C=C(C)\C=C\c1nc(-c2ccccc2/C=N\N)nc(N2CCOCC2)c1SC. The van der Waals surface area contributed by atoms with Crippen LogP contribution < -0.4 is 16.1 Å². The molecule has 0 bridgehead atoms. The first-order valence-electron chi connectivity index (χ1n) is 11.6. The van der Waals surface area contributed by atoms with Gasteiger partial charge < -0.3 is 20.8 Å². The van der Waals surface area contributed by atoms with Crippen molar-refractivity contribution in [3.8, 4) is 11.4 Å². The first-order valence-corrected chi connectivity index (χ1v) is 12.8. The van der Waals surface area contributed by atoms with Gasteiger partial charge in [0, 0.05) is 37.0 Å². The third-order valence-corrected chi connectivity index (χ3v) is 6.32. The summed E-state index contributed by atoms with van der Waals surface area (Å²) in [6.45, 7) is 7.06. The molecule has 0 amide bonds. The molecule has 1 aromatic heterocycles. The van der Waals surface area contributed by atoms with Crippen LogP contribution in [0.25, 0.3) is 17.5 Å². The molecule has 7 nitrogen and oxygen atoms in total. The summed E-state index contributed by atoms with van der Waals surface area (Å²) in [5.74, 6) is 7.04. The largest absolute Gasteiger partial charge is 0.392 e. The molecule has 3 N–H and O–H groups in total. The van der Waals surface area contributed by atoms with E-state index < -0.39 is 0 Å². The Balaban J connectivity index is 2.05. The van der Waals surface area contributed by atoms with Crippen LogP contribution in [0.1, 0.15) is 25.1 Å². The third-order valence-electron chi connectivity index (χ3n) is 5.52. The highest BCUT2D eigenvalue weighted by Gasteiger charge is 2.21. The van der Waals surface area contributed by atoms with Crippen LogP contribution in [-0.4, -0.2) is 55.8 Å². The number of benzene rings is 1. The van der Waals surface area contributed by atoms with E-state index >= 15 is 0 Å². The summed E-state index contributed by atoms with van der Waals surface area (Å²) in [7, 11) is 1.91. The van der Waals surface area contributed by atoms with Crippen molar-refractivity contribution in [1.29, 1.82) is 0 Å². The molecule has 2 aromatic rings. The van der Waals surface area contributed by atoms with E-state index in [2.05, 4.69) is 46.7 Å². The predicted molar refractivity (Wildman–Crippen MR) is 149 cm³/mol. The molecule has 1 aromatic carbocycles. The number of morpholine rings is 1. The third kappa shape index (κ3) is 7.31. The second kappa shape index (κ2) is 13.5. The van der Waals surface area contributed by atoms with Gasteiger partial charge in [-0.25, -0.2) is 9.97 Å². The van der Waals surface area contributed by atoms with E-state index in [0.717, 1.165) is 51.9 Å². The van der Waals surface area contributed by atoms with Crippen molar-refractivity contribution in [2.45, 2.75) is 18.7 Å². The second-order valence-electron chi connectivity index (χ2n) is 7.98. The van der Waals surface area contributed by atoms with Crippen molar-refractivity contribution in [2.24, 2.45) is 10.9 Å². The number of thioether (sulfide) groups is 1. The number of nitrogens with zero attached hydrogens (tertiary/aromatic N) is 4. The second-order valence-corrected chi connectivity index (χ2v) is 8.80. The highest BCUT2D eigenvalue weighted by atomic mass is 32.2. The van der Waals surface area contributed by atoms with E-state index in [1.165, 1.54) is 0 Å². The first kappa shape index (κ1) is 26.2. The molecule has 1 fully saturated rings. The number of nitrogens with two attached hydrogens (primary N) is 1. The number of rotatable bonds is 9. The Bertz CT molecular complexity index is 1150. The lowest BCUT2D eigenvalue weighted by molar-refractivity contribution is 0.122. The van der Waals surface area contributed by atoms with Crippen molar-refractivity contribution in [3.05, 3.63) is 77.2 Å². The lowest BCUT2D eigenvalue weighted by Crippen LogP contribution is -2.37. The Morgan fingerprint density at radius 2 is 1.89 bits per heavy atom. The predicted octanol–water partition coefficient (Wildman–Crippen LogP) is 4.63. The Morgan fingerprint density at radius 3 is 2.60 bits per heavy atom. The molecule has 1 aliphatic rings. The Morgan fingerprint density at radius 1 is 1.14 bits per heavy atom. The van der Waals surface area contributed by atoms with Crippen molar-refractivity contribution in [3.63, 3.8) is 0 Å². The van der Waals surface area contributed by atoms with Gasteiger partial charge in [0.05, 0.1) is 30.0 Å². The zero-order valence-electron chi connectivity index (χ0n) is 20.9. The molecule has 0 radical (unpaired) electrons. The van der Waals surface area contributed by atoms with E-state index in [1.807, 2.05) is 56.5 Å². The fraction of sp³-hybridized carbons (Fsp3) is 0.296. The van der Waals surface area contributed by atoms with Crippen LogP contribution in [0.15, 0.2) is 75.9 Å². The summed E-state index contributed by atoms with van der Waals surface area (Å²) in [5.41, 5.74) is 4.87. The monoisotopic (exact) mass is 490 g/mol. The van der Waals surface area contributed by atoms with Gasteiger partial charge in [0.2, 0.25) is 0 Å². The molecule has 35 heavy (non-hydrogen) atoms. The van der Waals surface area contributed by atoms with Crippen LogP contribution in [0.2, 0.25) is 0 Å². The van der Waals surface area contributed by atoms with Crippen molar-refractivity contribution < 1.29 is 4.74 Å². The maximum Gasteiger partial charge on any atom is 0.162 e. The molecule has 3 rings (SSSR count). The summed E-state index contributed by atoms with van der Waals surface area (Å²) in [6.07, 6.45) is 16.0. The highest BCUT2D eigenvalue weighted by molar-refractivity contribution is 7.98. The van der Waals surface area contributed by atoms with Crippen LogP contribution in [0.5, 0.6) is 0 Å². The molecule has 0 atom stereocenters. The zero-order chi connectivity index (χ0) is 25.0. The highest BCUT2D eigenvalue weighted by Crippen LogP contribution is 2.34. The number of hydrogen-bond acceptors (Lipinski definition) is 8. The van der Waals surface area contributed by atoms with Gasteiger partial charge in [-0.1, -0.05) is 54.1 Å². The summed E-state index contributed by atoms with van der Waals surface area (Å²) in [6, 6.07) is 7.89. The smallest absolute Gasteiger partial charge is 0.162 e. The maximum absolute atomic E-state index is 5.58. The summed E-state index contributed by atoms with van der Waals surface area (Å²) >= 11 is 1.66. The molecule has 1 saturated heterocycles. The molecule has 0 unspecified atom stereocenters. The van der Waals surface area contributed by atoms with E-state index in [0.29, 0.717) is 19.0 Å². The molecule has 0 spiro atoms. The minimum atomic E-state index is 0.647. The minimum absolute atomic E-state index is 0.647. The van der Waals surface area contributed by atoms with E-state index in [9.17, 15) is 0 Å². The van der Waals surface area contributed by atoms with Gasteiger partial charge in [-0.15, -0.1) is 11.8 Å². The van der Waals surface area contributed by atoms with Crippen molar-refractivity contribution in [1.82, 2.24) is 15.3 Å². The zero-order valence-corrected chi connectivity index (χ0v) is 21.7. The fourth-order valence-corrected chi connectivity index (χ4v) is 4.20. The Kier molecular flexibility index (Phi) is 10.1. The van der Waals surface area contributed by atoms with Gasteiger partial charge in [-0.05, 0) is 32.3 Å². The minimum Gasteiger partial charge on any atom is -0.392 e. The number of ether oxygens (including phenoxy) is 1. The number of aromatic nitrogens is 2. The Labute approximate surface area is 212 Å². The average molecular weight is 491 g/mol.